The minimum Gasteiger partial charge on any atom is -0.372 e. The highest BCUT2D eigenvalue weighted by molar-refractivity contribution is 5.97. The monoisotopic (exact) mass is 326 g/mol. The fraction of sp³-hybridized carbons (Fsp3) is 0.375. The summed E-state index contributed by atoms with van der Waals surface area (Å²) in [6.07, 6.45) is 5.06. The number of rotatable bonds is 3. The molecule has 124 valence electrons. The van der Waals surface area contributed by atoms with Crippen molar-refractivity contribution in [1.82, 2.24) is 30.3 Å². The number of imidazole rings is 1. The van der Waals surface area contributed by atoms with Gasteiger partial charge in [0.05, 0.1) is 18.2 Å². The summed E-state index contributed by atoms with van der Waals surface area (Å²) in [4.78, 5) is 16.6. The molecular weight excluding hydrogens is 308 g/mol. The highest BCUT2D eigenvalue weighted by atomic mass is 16.5. The van der Waals surface area contributed by atoms with Crippen LogP contribution in [0.2, 0.25) is 0 Å². The van der Waals surface area contributed by atoms with E-state index in [4.69, 9.17) is 4.74 Å². The van der Waals surface area contributed by atoms with Gasteiger partial charge in [-0.25, -0.2) is 4.98 Å². The molecule has 2 N–H and O–H groups in total. The molecule has 8 heteroatoms. The van der Waals surface area contributed by atoms with Gasteiger partial charge in [-0.3, -0.25) is 4.79 Å². The van der Waals surface area contributed by atoms with Gasteiger partial charge in [0.25, 0.3) is 5.91 Å². The Morgan fingerprint density at radius 1 is 1.38 bits per heavy atom. The first kappa shape index (κ1) is 14.8. The zero-order valence-corrected chi connectivity index (χ0v) is 13.3. The third kappa shape index (κ3) is 2.76. The Morgan fingerprint density at radius 3 is 3.08 bits per heavy atom. The number of nitrogens with zero attached hydrogens (tertiary/aromatic N) is 4. The Labute approximate surface area is 138 Å². The number of H-pyrrole nitrogens is 1. The summed E-state index contributed by atoms with van der Waals surface area (Å²) in [5, 5.41) is 13.7. The Hall–Kier alpha value is -2.74. The maximum Gasteiger partial charge on any atom is 0.251 e. The highest BCUT2D eigenvalue weighted by Crippen LogP contribution is 2.27. The molecule has 0 unspecified atom stereocenters. The molecule has 1 aliphatic rings. The third-order valence-electron chi connectivity index (χ3n) is 4.38. The van der Waals surface area contributed by atoms with E-state index in [1.165, 1.54) is 0 Å². The second kappa shape index (κ2) is 6.04. The van der Waals surface area contributed by atoms with Crippen LogP contribution in [0.4, 0.5) is 0 Å². The zero-order chi connectivity index (χ0) is 16.5. The molecule has 1 aliphatic heterocycles. The number of nitrogens with one attached hydrogen (secondary N) is 2. The van der Waals surface area contributed by atoms with Crippen molar-refractivity contribution in [2.75, 3.05) is 6.61 Å². The van der Waals surface area contributed by atoms with Crippen LogP contribution in [0.15, 0.2) is 30.7 Å². The summed E-state index contributed by atoms with van der Waals surface area (Å²) < 4.78 is 7.79. The van der Waals surface area contributed by atoms with Crippen LogP contribution in [0.3, 0.4) is 0 Å². The van der Waals surface area contributed by atoms with Gasteiger partial charge in [0, 0.05) is 25.3 Å². The molecule has 1 saturated heterocycles. The number of aromatic nitrogens is 5. The Morgan fingerprint density at radius 2 is 2.25 bits per heavy atom. The normalized spacial score (nSPS) is 21.0. The van der Waals surface area contributed by atoms with E-state index in [2.05, 4.69) is 25.7 Å². The van der Waals surface area contributed by atoms with Crippen molar-refractivity contribution in [2.45, 2.75) is 25.0 Å². The highest BCUT2D eigenvalue weighted by Gasteiger charge is 2.27. The molecular formula is C16H18N6O2. The van der Waals surface area contributed by atoms with Gasteiger partial charge in [0.1, 0.15) is 17.1 Å². The molecule has 0 saturated carbocycles. The van der Waals surface area contributed by atoms with Crippen molar-refractivity contribution in [3.8, 4) is 0 Å². The molecule has 3 aromatic rings. The molecule has 0 spiro atoms. The lowest BCUT2D eigenvalue weighted by molar-refractivity contribution is -0.00301. The van der Waals surface area contributed by atoms with Gasteiger partial charge in [-0.05, 0) is 31.0 Å². The summed E-state index contributed by atoms with van der Waals surface area (Å²) in [5.74, 6) is -0.101. The van der Waals surface area contributed by atoms with Crippen molar-refractivity contribution in [3.05, 3.63) is 42.0 Å². The van der Waals surface area contributed by atoms with E-state index in [1.807, 2.05) is 17.8 Å². The number of hydrogen-bond acceptors (Lipinski definition) is 5. The predicted octanol–water partition coefficient (Wildman–Crippen LogP) is 1.34. The lowest BCUT2D eigenvalue weighted by Gasteiger charge is -2.30. The van der Waals surface area contributed by atoms with Crippen LogP contribution in [0, 0.1) is 0 Å². The van der Waals surface area contributed by atoms with E-state index < -0.39 is 0 Å². The van der Waals surface area contributed by atoms with E-state index in [9.17, 15) is 4.79 Å². The molecule has 2 atom stereocenters. The molecule has 8 nitrogen and oxygen atoms in total. The number of aryl methyl sites for hydroxylation is 1. The van der Waals surface area contributed by atoms with Crippen molar-refractivity contribution >= 4 is 16.9 Å². The molecule has 0 bridgehead atoms. The number of amides is 1. The smallest absolute Gasteiger partial charge is 0.251 e. The first-order valence-corrected chi connectivity index (χ1v) is 7.90. The number of carbonyl (C=O) groups is 1. The summed E-state index contributed by atoms with van der Waals surface area (Å²) >= 11 is 0. The van der Waals surface area contributed by atoms with Crippen LogP contribution < -0.4 is 5.32 Å². The molecule has 3 heterocycles. The molecule has 1 fully saturated rings. The fourth-order valence-electron chi connectivity index (χ4n) is 3.06. The van der Waals surface area contributed by atoms with Gasteiger partial charge in [0.15, 0.2) is 0 Å². The third-order valence-corrected chi connectivity index (χ3v) is 4.38. The first-order valence-electron chi connectivity index (χ1n) is 7.90. The summed E-state index contributed by atoms with van der Waals surface area (Å²) in [6.45, 7) is 0.614. The van der Waals surface area contributed by atoms with Gasteiger partial charge in [0.2, 0.25) is 0 Å². The van der Waals surface area contributed by atoms with Crippen LogP contribution in [0.1, 0.15) is 35.0 Å². The minimum atomic E-state index is -0.101. The van der Waals surface area contributed by atoms with E-state index in [-0.39, 0.29) is 18.1 Å². The van der Waals surface area contributed by atoms with Crippen LogP contribution in [-0.2, 0) is 11.8 Å². The lowest BCUT2D eigenvalue weighted by atomic mass is 10.0. The maximum absolute atomic E-state index is 12.5. The minimum absolute atomic E-state index is 0.0467. The number of aromatic amines is 1. The average Bonchev–Trinajstić information content (AvgIpc) is 3.22. The van der Waals surface area contributed by atoms with E-state index >= 15 is 0 Å². The molecule has 1 amide bonds. The van der Waals surface area contributed by atoms with Crippen LogP contribution in [-0.4, -0.2) is 43.5 Å². The van der Waals surface area contributed by atoms with E-state index in [0.29, 0.717) is 17.7 Å². The van der Waals surface area contributed by atoms with Crippen molar-refractivity contribution in [2.24, 2.45) is 7.05 Å². The van der Waals surface area contributed by atoms with Gasteiger partial charge < -0.3 is 14.6 Å². The fourth-order valence-corrected chi connectivity index (χ4v) is 3.06. The second-order valence-electron chi connectivity index (χ2n) is 6.01. The molecule has 0 aliphatic carbocycles. The Bertz CT molecular complexity index is 870. The number of ether oxygens (including phenoxy) is 1. The topological polar surface area (TPSA) is 97.7 Å². The van der Waals surface area contributed by atoms with Crippen molar-refractivity contribution < 1.29 is 9.53 Å². The zero-order valence-electron chi connectivity index (χ0n) is 13.3. The average molecular weight is 326 g/mol. The number of benzene rings is 1. The van der Waals surface area contributed by atoms with Gasteiger partial charge in [-0.1, -0.05) is 0 Å². The van der Waals surface area contributed by atoms with E-state index in [0.717, 1.165) is 24.1 Å². The molecule has 2 aromatic heterocycles. The summed E-state index contributed by atoms with van der Waals surface area (Å²) in [5.41, 5.74) is 3.04. The maximum atomic E-state index is 12.5. The molecule has 1 aromatic carbocycles. The predicted molar refractivity (Wildman–Crippen MR) is 86.3 cm³/mol. The molecule has 4 rings (SSSR count). The SMILES string of the molecule is Cn1cncc1[C@@H]1C[C@H](NC(=O)c2ccc3n[nH]nc3c2)CCO1. The van der Waals surface area contributed by atoms with Gasteiger partial charge >= 0.3 is 0 Å². The molecule has 24 heavy (non-hydrogen) atoms. The number of fused-ring (bicyclic) bond motifs is 1. The van der Waals surface area contributed by atoms with Crippen LogP contribution in [0.5, 0.6) is 0 Å². The van der Waals surface area contributed by atoms with Gasteiger partial charge in [-0.2, -0.15) is 15.4 Å². The van der Waals surface area contributed by atoms with Crippen molar-refractivity contribution in [3.63, 3.8) is 0 Å². The van der Waals surface area contributed by atoms with Crippen LogP contribution >= 0.6 is 0 Å². The van der Waals surface area contributed by atoms with Gasteiger partial charge in [-0.15, -0.1) is 0 Å². The molecule has 0 radical (unpaired) electrons. The second-order valence-corrected chi connectivity index (χ2v) is 6.01. The summed E-state index contributed by atoms with van der Waals surface area (Å²) in [7, 11) is 1.95. The first-order chi connectivity index (χ1) is 11.7. The van der Waals surface area contributed by atoms with E-state index in [1.54, 1.807) is 24.5 Å². The quantitative estimate of drug-likeness (QED) is 0.757. The Kier molecular flexibility index (Phi) is 3.73. The number of carbonyl (C=O) groups excluding carboxylic acids is 1. The standard InChI is InChI=1S/C16H18N6O2/c1-22-9-17-8-14(22)15-7-11(4-5-24-15)18-16(23)10-2-3-12-13(6-10)20-21-19-12/h2-3,6,8-9,11,15H,4-5,7H2,1H3,(H,18,23)(H,19,20,21)/t11-,15+/m1/s1. The number of hydrogen-bond donors (Lipinski definition) is 2. The van der Waals surface area contributed by atoms with Crippen molar-refractivity contribution in [1.29, 1.82) is 0 Å². The lowest BCUT2D eigenvalue weighted by Crippen LogP contribution is -2.40. The van der Waals surface area contributed by atoms with Crippen LogP contribution in [0.25, 0.3) is 11.0 Å². The largest absolute Gasteiger partial charge is 0.372 e. The Balaban J connectivity index is 1.46. The summed E-state index contributed by atoms with van der Waals surface area (Å²) in [6, 6.07) is 5.36.